The Morgan fingerprint density at radius 3 is 2.00 bits per heavy atom. The van der Waals surface area contributed by atoms with Gasteiger partial charge in [0, 0.05) is 5.92 Å². The molecule has 1 saturated heterocycles. The summed E-state index contributed by atoms with van der Waals surface area (Å²) in [4.78, 5) is 40.0. The maximum absolute atomic E-state index is 13.6. The van der Waals surface area contributed by atoms with Gasteiger partial charge in [0.1, 0.15) is 0 Å². The molecule has 29 heavy (non-hydrogen) atoms. The van der Waals surface area contributed by atoms with Crippen molar-refractivity contribution >= 4 is 33.7 Å². The minimum Gasteiger partial charge on any atom is -0.548 e. The lowest BCUT2D eigenvalue weighted by molar-refractivity contribution is -0.312. The number of nitrogens with zero attached hydrogens (tertiary/aromatic N) is 1. The van der Waals surface area contributed by atoms with Crippen LogP contribution in [0.2, 0.25) is 0 Å². The minimum atomic E-state index is -1.40. The lowest BCUT2D eigenvalue weighted by atomic mass is 9.55. The molecular formula is C23H19BrNO4-. The Labute approximate surface area is 176 Å². The lowest BCUT2D eigenvalue weighted by Gasteiger charge is -2.51. The zero-order valence-corrected chi connectivity index (χ0v) is 17.5. The first-order chi connectivity index (χ1) is 13.8. The van der Waals surface area contributed by atoms with Gasteiger partial charge < -0.3 is 9.90 Å². The minimum absolute atomic E-state index is 0.275. The lowest BCUT2D eigenvalue weighted by Crippen LogP contribution is -2.54. The number of hydrogen-bond donors (Lipinski definition) is 0. The highest BCUT2D eigenvalue weighted by molar-refractivity contribution is 9.09. The SMILES string of the molecule is CC(C)[C@@H](C(=O)[O-])N1C(=O)[C@@H]2C3c4ccccc4C(Br)(c4ccccc43)[C@@H]2C1=O. The van der Waals surface area contributed by atoms with E-state index in [1.807, 2.05) is 48.5 Å². The molecule has 0 N–H and O–H groups in total. The van der Waals surface area contributed by atoms with Crippen molar-refractivity contribution in [3.8, 4) is 0 Å². The number of benzene rings is 2. The number of hydrogen-bond acceptors (Lipinski definition) is 4. The van der Waals surface area contributed by atoms with E-state index in [9.17, 15) is 19.5 Å². The van der Waals surface area contributed by atoms with Gasteiger partial charge in [0.05, 0.1) is 28.2 Å². The van der Waals surface area contributed by atoms with Crippen molar-refractivity contribution in [2.24, 2.45) is 17.8 Å². The van der Waals surface area contributed by atoms with E-state index >= 15 is 0 Å². The van der Waals surface area contributed by atoms with Gasteiger partial charge in [-0.1, -0.05) is 78.3 Å². The van der Waals surface area contributed by atoms with Crippen molar-refractivity contribution in [3.63, 3.8) is 0 Å². The van der Waals surface area contributed by atoms with Gasteiger partial charge in [-0.2, -0.15) is 0 Å². The van der Waals surface area contributed by atoms with E-state index in [2.05, 4.69) is 15.9 Å². The molecule has 2 bridgehead atoms. The molecule has 1 heterocycles. The molecule has 2 aromatic carbocycles. The Hall–Kier alpha value is -2.47. The predicted molar refractivity (Wildman–Crippen MR) is 107 cm³/mol. The van der Waals surface area contributed by atoms with Crippen LogP contribution in [0.25, 0.3) is 0 Å². The molecule has 5 nitrogen and oxygen atoms in total. The number of carboxylic acid groups (broad SMARTS) is 1. The molecular weight excluding hydrogens is 434 g/mol. The molecule has 0 saturated carbocycles. The number of alkyl halides is 1. The van der Waals surface area contributed by atoms with Crippen molar-refractivity contribution in [1.82, 2.24) is 4.90 Å². The second-order valence-electron chi connectivity index (χ2n) is 8.42. The standard InChI is InChI=1S/C23H20BrNO4/c1-11(2)19(22(28)29)25-20(26)17-16-12-7-3-5-9-14(12)23(24,18(17)21(25)27)15-10-6-4-8-13(15)16/h3-11,16-19H,1-2H3,(H,28,29)/p-1/t16?,17-,18+,19+,23?/m1/s1. The topological polar surface area (TPSA) is 77.5 Å². The van der Waals surface area contributed by atoms with Crippen molar-refractivity contribution in [2.75, 3.05) is 0 Å². The largest absolute Gasteiger partial charge is 0.548 e. The number of carboxylic acids is 1. The third-order valence-electron chi connectivity index (χ3n) is 6.70. The summed E-state index contributed by atoms with van der Waals surface area (Å²) in [5, 5.41) is 11.9. The molecule has 0 radical (unpaired) electrons. The summed E-state index contributed by atoms with van der Waals surface area (Å²) in [6.45, 7) is 3.37. The average molecular weight is 453 g/mol. The van der Waals surface area contributed by atoms with E-state index in [1.165, 1.54) is 0 Å². The second-order valence-corrected chi connectivity index (χ2v) is 9.67. The highest BCUT2D eigenvalue weighted by Crippen LogP contribution is 2.66. The van der Waals surface area contributed by atoms with Gasteiger partial charge in [0.25, 0.3) is 0 Å². The average Bonchev–Trinajstić information content (AvgIpc) is 2.95. The van der Waals surface area contributed by atoms with E-state index in [4.69, 9.17) is 0 Å². The summed E-state index contributed by atoms with van der Waals surface area (Å²) in [7, 11) is 0. The fraction of sp³-hybridized carbons (Fsp3) is 0.348. The van der Waals surface area contributed by atoms with Gasteiger partial charge in [-0.15, -0.1) is 0 Å². The zero-order chi connectivity index (χ0) is 20.7. The monoisotopic (exact) mass is 452 g/mol. The molecule has 2 aromatic rings. The molecule has 0 spiro atoms. The molecule has 148 valence electrons. The van der Waals surface area contributed by atoms with Crippen LogP contribution >= 0.6 is 15.9 Å². The van der Waals surface area contributed by atoms with Crippen LogP contribution in [0.3, 0.4) is 0 Å². The maximum Gasteiger partial charge on any atom is 0.235 e. The van der Waals surface area contributed by atoms with Crippen molar-refractivity contribution < 1.29 is 19.5 Å². The Morgan fingerprint density at radius 2 is 1.52 bits per heavy atom. The first-order valence-electron chi connectivity index (χ1n) is 9.75. The summed E-state index contributed by atoms with van der Waals surface area (Å²) in [6.07, 6.45) is 0. The number of imide groups is 1. The number of aliphatic carboxylic acids is 1. The normalized spacial score (nSPS) is 30.2. The number of halogens is 1. The Bertz CT molecular complexity index is 1030. The van der Waals surface area contributed by atoms with Crippen molar-refractivity contribution in [2.45, 2.75) is 30.1 Å². The number of carbonyl (C=O) groups is 3. The Balaban J connectivity index is 1.77. The van der Waals surface area contributed by atoms with E-state index in [0.29, 0.717) is 0 Å². The summed E-state index contributed by atoms with van der Waals surface area (Å²) < 4.78 is -0.867. The highest BCUT2D eigenvalue weighted by Gasteiger charge is 2.68. The van der Waals surface area contributed by atoms with Crippen LogP contribution in [0.15, 0.2) is 48.5 Å². The van der Waals surface area contributed by atoms with Crippen LogP contribution in [0.5, 0.6) is 0 Å². The summed E-state index contributed by atoms with van der Waals surface area (Å²) in [5.41, 5.74) is 3.98. The van der Waals surface area contributed by atoms with E-state index < -0.39 is 45.9 Å². The molecule has 6 rings (SSSR count). The number of rotatable bonds is 3. The van der Waals surface area contributed by atoms with Gasteiger partial charge in [0.2, 0.25) is 11.8 Å². The van der Waals surface area contributed by atoms with Crippen LogP contribution in [0.4, 0.5) is 0 Å². The third kappa shape index (κ3) is 2.13. The van der Waals surface area contributed by atoms with E-state index in [0.717, 1.165) is 27.2 Å². The predicted octanol–water partition coefficient (Wildman–Crippen LogP) is 2.16. The van der Waals surface area contributed by atoms with Gasteiger partial charge >= 0.3 is 0 Å². The second kappa shape index (κ2) is 6.02. The number of amides is 2. The fourth-order valence-corrected chi connectivity index (χ4v) is 6.85. The molecule has 0 unspecified atom stereocenters. The zero-order valence-electron chi connectivity index (χ0n) is 16.0. The Kier molecular flexibility index (Phi) is 3.85. The van der Waals surface area contributed by atoms with Crippen molar-refractivity contribution in [1.29, 1.82) is 0 Å². The van der Waals surface area contributed by atoms with Gasteiger partial charge in [-0.25, -0.2) is 0 Å². The molecule has 3 atom stereocenters. The molecule has 1 aliphatic heterocycles. The molecule has 1 fully saturated rings. The Morgan fingerprint density at radius 1 is 1.00 bits per heavy atom. The smallest absolute Gasteiger partial charge is 0.235 e. The van der Waals surface area contributed by atoms with Crippen LogP contribution in [0, 0.1) is 17.8 Å². The number of likely N-dealkylation sites (tertiary alicyclic amines) is 1. The molecule has 3 aliphatic carbocycles. The first kappa shape index (κ1) is 18.6. The van der Waals surface area contributed by atoms with Crippen LogP contribution in [-0.2, 0) is 18.7 Å². The van der Waals surface area contributed by atoms with Gasteiger partial charge in [-0.05, 0) is 28.2 Å². The van der Waals surface area contributed by atoms with Gasteiger partial charge in [-0.3, -0.25) is 14.5 Å². The number of carbonyl (C=O) groups excluding carboxylic acids is 3. The van der Waals surface area contributed by atoms with Gasteiger partial charge in [0.15, 0.2) is 0 Å². The molecule has 4 aliphatic rings. The van der Waals surface area contributed by atoms with Crippen LogP contribution < -0.4 is 5.11 Å². The summed E-state index contributed by atoms with van der Waals surface area (Å²) in [6, 6.07) is 14.4. The van der Waals surface area contributed by atoms with Crippen molar-refractivity contribution in [3.05, 3.63) is 70.8 Å². The van der Waals surface area contributed by atoms with Crippen LogP contribution in [-0.4, -0.2) is 28.7 Å². The first-order valence-corrected chi connectivity index (χ1v) is 10.5. The molecule has 0 aromatic heterocycles. The quantitative estimate of drug-likeness (QED) is 0.527. The van der Waals surface area contributed by atoms with E-state index in [-0.39, 0.29) is 5.92 Å². The summed E-state index contributed by atoms with van der Waals surface area (Å²) >= 11 is 3.89. The maximum atomic E-state index is 13.6. The molecule has 6 heteroatoms. The van der Waals surface area contributed by atoms with E-state index in [1.54, 1.807) is 13.8 Å². The summed E-state index contributed by atoms with van der Waals surface area (Å²) in [5.74, 6) is -4.29. The fourth-order valence-electron chi connectivity index (χ4n) is 5.65. The van der Waals surface area contributed by atoms with Crippen LogP contribution in [0.1, 0.15) is 42.0 Å². The molecule has 2 amide bonds. The third-order valence-corrected chi connectivity index (χ3v) is 8.05. The highest BCUT2D eigenvalue weighted by atomic mass is 79.9.